The van der Waals surface area contributed by atoms with Crippen LogP contribution in [0, 0.1) is 23.5 Å². The van der Waals surface area contributed by atoms with Gasteiger partial charge in [0.05, 0.1) is 36.7 Å². The number of phenols is 1. The second-order valence-electron chi connectivity index (χ2n) is 13.6. The molecule has 0 radical (unpaired) electrons. The molecule has 0 aliphatic heterocycles. The van der Waals surface area contributed by atoms with E-state index in [0.717, 1.165) is 12.1 Å². The summed E-state index contributed by atoms with van der Waals surface area (Å²) in [4.78, 5) is 47.5. The molecule has 20 heteroatoms. The third-order valence-corrected chi connectivity index (χ3v) is 10.2. The lowest BCUT2D eigenvalue weighted by Crippen LogP contribution is -2.70. The number of aliphatic hydroxyl groups excluding tert-OH is 3. The number of fused-ring (bicyclic) bond motifs is 3. The van der Waals surface area contributed by atoms with Crippen molar-refractivity contribution >= 4 is 23.2 Å². The number of aliphatic hydroxyl groups is 5. The number of carbonyl (C=O) groups is 3. The van der Waals surface area contributed by atoms with E-state index in [0.29, 0.717) is 5.56 Å². The van der Waals surface area contributed by atoms with Crippen molar-refractivity contribution in [3.63, 3.8) is 0 Å². The van der Waals surface area contributed by atoms with Crippen molar-refractivity contribution in [2.75, 3.05) is 14.1 Å². The molecule has 2 heterocycles. The zero-order valence-electron chi connectivity index (χ0n) is 29.4. The molecule has 1 amide bonds. The van der Waals surface area contributed by atoms with E-state index in [1.165, 1.54) is 65.8 Å². The maximum atomic E-state index is 14.1. The number of nitrogens with two attached hydrogens (primary N) is 1. The molecule has 1 saturated carbocycles. The molecule has 0 bridgehead atoms. The Morgan fingerprint density at radius 3 is 2.13 bits per heavy atom. The van der Waals surface area contributed by atoms with Gasteiger partial charge in [0.25, 0.3) is 5.91 Å². The third kappa shape index (κ3) is 6.52. The fourth-order valence-electron chi connectivity index (χ4n) is 7.83. The first kappa shape index (κ1) is 40.3. The fourth-order valence-corrected chi connectivity index (χ4v) is 7.83. The van der Waals surface area contributed by atoms with Crippen LogP contribution in [0.15, 0.2) is 78.6 Å². The molecule has 7 rings (SSSR count). The van der Waals surface area contributed by atoms with Gasteiger partial charge < -0.3 is 41.8 Å². The first-order valence-corrected chi connectivity index (χ1v) is 16.4. The first-order valence-electron chi connectivity index (χ1n) is 16.4. The first-order chi connectivity index (χ1) is 25.4. The minimum Gasteiger partial charge on any atom is -0.508 e. The van der Waals surface area contributed by atoms with Crippen molar-refractivity contribution in [3.8, 4) is 5.75 Å². The highest BCUT2D eigenvalue weighted by molar-refractivity contribution is 6.24. The molecule has 2 aromatic heterocycles. The normalized spacial score (nSPS) is 24.7. The quantitative estimate of drug-likeness (QED) is 0.116. The molecule has 0 unspecified atom stereocenters. The molecule has 6 atom stereocenters. The summed E-state index contributed by atoms with van der Waals surface area (Å²) in [5.41, 5.74) is -0.282. The Morgan fingerprint density at radius 1 is 1.02 bits per heavy atom. The number of aromatic nitrogens is 6. The molecule has 292 valence electrons. The number of Topliss-reactive ketones (excluding diaryl/α,β-unsaturated/α-hetero) is 2. The summed E-state index contributed by atoms with van der Waals surface area (Å²) in [6.07, 6.45) is 3.81. The lowest BCUT2D eigenvalue weighted by molar-refractivity contribution is -0.169. The zero-order valence-corrected chi connectivity index (χ0v) is 29.4. The Hall–Kier alpha value is -5.93. The standard InChI is InChI=1S/C22H24N2O8.C13H12F2N6O.H2O/c1-7-8-5-4-6-9(25)11(8)16(26)12-10(7)17(27)14-15(24(2)3)18(28)13(21(23)31)20(30)22(14,32)19(12)29;14-10-1-2-11(12(15)3-10)13(22,4-20-8-16-6-18-20)5-21-9-17-7-19-21;/h4-7,10,14-15,17,25-27,30,32H,1-3H3,(H2,23,31);1-3,6-9,22H,4-5H2;1H2/t7-,10+,14+,15-,17-,22-;;/m0../s1. The molecule has 18 nitrogen and oxygen atoms in total. The van der Waals surface area contributed by atoms with Gasteiger partial charge in [-0.2, -0.15) is 10.2 Å². The van der Waals surface area contributed by atoms with Crippen molar-refractivity contribution in [3.05, 3.63) is 107 Å². The highest BCUT2D eigenvalue weighted by atomic mass is 19.1. The van der Waals surface area contributed by atoms with E-state index < -0.39 is 92.9 Å². The van der Waals surface area contributed by atoms with Crippen LogP contribution in [0.2, 0.25) is 0 Å². The Kier molecular flexibility index (Phi) is 10.8. The smallest absolute Gasteiger partial charge is 0.255 e. The summed E-state index contributed by atoms with van der Waals surface area (Å²) in [5.74, 6) is -10.4. The fraction of sp³-hybridized carbons (Fsp3) is 0.343. The number of hydrogen-bond donors (Lipinski definition) is 7. The number of halogens is 2. The van der Waals surface area contributed by atoms with Gasteiger partial charge in [-0.25, -0.2) is 28.1 Å². The van der Waals surface area contributed by atoms with E-state index in [1.54, 1.807) is 19.1 Å². The summed E-state index contributed by atoms with van der Waals surface area (Å²) >= 11 is 0. The van der Waals surface area contributed by atoms with E-state index in [2.05, 4.69) is 20.2 Å². The second-order valence-corrected chi connectivity index (χ2v) is 13.6. The Labute approximate surface area is 310 Å². The van der Waals surface area contributed by atoms with Crippen LogP contribution in [-0.2, 0) is 33.1 Å². The summed E-state index contributed by atoms with van der Waals surface area (Å²) in [5, 5.41) is 73.7. The van der Waals surface area contributed by atoms with Crippen LogP contribution in [0.25, 0.3) is 5.76 Å². The number of aromatic hydroxyl groups is 1. The number of rotatable bonds is 7. The van der Waals surface area contributed by atoms with Crippen LogP contribution in [0.3, 0.4) is 0 Å². The molecule has 0 spiro atoms. The number of phenolic OH excluding ortho intramolecular Hbond substituents is 1. The van der Waals surface area contributed by atoms with Crippen LogP contribution in [0.4, 0.5) is 8.78 Å². The van der Waals surface area contributed by atoms with E-state index in [-0.39, 0.29) is 35.4 Å². The zero-order chi connectivity index (χ0) is 39.4. The molecule has 3 aliphatic carbocycles. The van der Waals surface area contributed by atoms with Crippen molar-refractivity contribution in [2.24, 2.45) is 17.6 Å². The van der Waals surface area contributed by atoms with Crippen LogP contribution in [0.5, 0.6) is 5.75 Å². The molecular formula is C35H38F2N8O10. The van der Waals surface area contributed by atoms with Gasteiger partial charge in [0.2, 0.25) is 5.78 Å². The molecule has 2 aromatic carbocycles. The third-order valence-electron chi connectivity index (χ3n) is 10.2. The predicted octanol–water partition coefficient (Wildman–Crippen LogP) is -0.593. The van der Waals surface area contributed by atoms with Crippen LogP contribution in [0.1, 0.15) is 29.5 Å². The van der Waals surface area contributed by atoms with Crippen molar-refractivity contribution in [1.29, 1.82) is 0 Å². The van der Waals surface area contributed by atoms with E-state index in [9.17, 15) is 53.8 Å². The molecule has 55 heavy (non-hydrogen) atoms. The van der Waals surface area contributed by atoms with Crippen LogP contribution < -0.4 is 5.73 Å². The lowest BCUT2D eigenvalue weighted by Gasteiger charge is -2.53. The lowest BCUT2D eigenvalue weighted by atomic mass is 9.54. The predicted molar refractivity (Wildman–Crippen MR) is 184 cm³/mol. The van der Waals surface area contributed by atoms with Gasteiger partial charge in [-0.1, -0.05) is 25.1 Å². The molecule has 1 fully saturated rings. The number of benzene rings is 2. The van der Waals surface area contributed by atoms with Gasteiger partial charge in [0.1, 0.15) is 65.4 Å². The number of likely N-dealkylation sites (N-methyl/N-ethyl adjacent to an activating group) is 1. The number of ketones is 2. The Balaban J connectivity index is 0.000000221. The number of amides is 1. The number of primary amides is 1. The Bertz CT molecular complexity index is 2160. The van der Waals surface area contributed by atoms with E-state index >= 15 is 0 Å². The van der Waals surface area contributed by atoms with Crippen molar-refractivity contribution < 1.29 is 59.3 Å². The van der Waals surface area contributed by atoms with Crippen molar-refractivity contribution in [2.45, 2.75) is 49.3 Å². The van der Waals surface area contributed by atoms with Gasteiger partial charge in [-0.15, -0.1) is 0 Å². The SMILES string of the molecule is C[C@H]1c2cccc(O)c2C(O)=C2C(=O)[C@]3(O)C(O)=C(C(N)=O)C(=O)[C@@H](N(C)C)[C@@H]3[C@@H](O)[C@@H]21.O.OC(Cn1cncn1)(Cn1cncn1)c1ccc(F)cc1F. The van der Waals surface area contributed by atoms with Gasteiger partial charge in [0, 0.05) is 23.1 Å². The summed E-state index contributed by atoms with van der Waals surface area (Å²) < 4.78 is 29.9. The van der Waals surface area contributed by atoms with Crippen LogP contribution >= 0.6 is 0 Å². The van der Waals surface area contributed by atoms with Crippen molar-refractivity contribution in [1.82, 2.24) is 34.4 Å². The summed E-state index contributed by atoms with van der Waals surface area (Å²) in [6.45, 7) is 1.53. The number of hydrogen-bond acceptors (Lipinski definition) is 14. The molecule has 0 saturated heterocycles. The maximum Gasteiger partial charge on any atom is 0.255 e. The monoisotopic (exact) mass is 768 g/mol. The minimum absolute atomic E-state index is 0. The van der Waals surface area contributed by atoms with E-state index in [4.69, 9.17) is 5.73 Å². The average Bonchev–Trinajstić information content (AvgIpc) is 3.81. The summed E-state index contributed by atoms with van der Waals surface area (Å²) in [7, 11) is 2.92. The molecule has 3 aliphatic rings. The molecule has 4 aromatic rings. The minimum atomic E-state index is -2.89. The highest BCUT2D eigenvalue weighted by Gasteiger charge is 2.68. The largest absolute Gasteiger partial charge is 0.508 e. The van der Waals surface area contributed by atoms with Gasteiger partial charge in [0.15, 0.2) is 11.4 Å². The number of nitrogens with zero attached hydrogens (tertiary/aromatic N) is 7. The Morgan fingerprint density at radius 2 is 1.62 bits per heavy atom. The second kappa shape index (κ2) is 14.7. The van der Waals surface area contributed by atoms with E-state index in [1.807, 2.05) is 0 Å². The van der Waals surface area contributed by atoms with Gasteiger partial charge in [-0.05, 0) is 37.7 Å². The number of carbonyl (C=O) groups excluding carboxylic acids is 3. The van der Waals surface area contributed by atoms with Gasteiger partial charge >= 0.3 is 0 Å². The molecule has 10 N–H and O–H groups in total. The summed E-state index contributed by atoms with van der Waals surface area (Å²) in [6, 6.07) is 6.15. The van der Waals surface area contributed by atoms with Gasteiger partial charge in [-0.3, -0.25) is 19.3 Å². The average molecular weight is 769 g/mol. The van der Waals surface area contributed by atoms with Crippen LogP contribution in [-0.4, -0.2) is 120 Å². The highest BCUT2D eigenvalue weighted by Crippen LogP contribution is 2.56. The molecular weight excluding hydrogens is 730 g/mol. The topological polar surface area (TPSA) is 295 Å². The maximum absolute atomic E-state index is 14.1.